The number of benzene rings is 1. The summed E-state index contributed by atoms with van der Waals surface area (Å²) in [5.74, 6) is 0.352. The van der Waals surface area contributed by atoms with Crippen molar-refractivity contribution >= 4 is 5.91 Å². The zero-order chi connectivity index (χ0) is 16.3. The van der Waals surface area contributed by atoms with Gasteiger partial charge in [0.1, 0.15) is 0 Å². The number of rotatable bonds is 4. The van der Waals surface area contributed by atoms with E-state index in [0.29, 0.717) is 18.0 Å². The van der Waals surface area contributed by atoms with Gasteiger partial charge in [0.2, 0.25) is 0 Å². The highest BCUT2D eigenvalue weighted by molar-refractivity contribution is 5.99. The van der Waals surface area contributed by atoms with Gasteiger partial charge in [-0.15, -0.1) is 0 Å². The maximum atomic E-state index is 12.5. The molecule has 1 aromatic heterocycles. The molecule has 2 rings (SSSR count). The van der Waals surface area contributed by atoms with Gasteiger partial charge >= 0.3 is 0 Å². The van der Waals surface area contributed by atoms with E-state index in [2.05, 4.69) is 45.0 Å². The summed E-state index contributed by atoms with van der Waals surface area (Å²) in [4.78, 5) is 12.5. The van der Waals surface area contributed by atoms with E-state index >= 15 is 0 Å². The first-order valence-electron chi connectivity index (χ1n) is 7.73. The summed E-state index contributed by atoms with van der Waals surface area (Å²) in [6.07, 6.45) is 1.67. The Hall–Kier alpha value is -2.10. The van der Waals surface area contributed by atoms with Crippen LogP contribution >= 0.6 is 0 Å². The highest BCUT2D eigenvalue weighted by Crippen LogP contribution is 2.28. The topological polar surface area (TPSA) is 46.9 Å². The molecule has 0 saturated heterocycles. The summed E-state index contributed by atoms with van der Waals surface area (Å²) in [6.45, 7) is 11.1. The molecule has 0 spiro atoms. The Balaban J connectivity index is 2.47. The second-order valence-electron chi connectivity index (χ2n) is 6.96. The molecule has 0 fully saturated rings. The molecule has 2 aromatic rings. The van der Waals surface area contributed by atoms with Crippen molar-refractivity contribution in [2.45, 2.75) is 40.2 Å². The van der Waals surface area contributed by atoms with Gasteiger partial charge < -0.3 is 5.32 Å². The van der Waals surface area contributed by atoms with E-state index in [1.165, 1.54) is 0 Å². The molecule has 118 valence electrons. The van der Waals surface area contributed by atoms with Crippen LogP contribution in [-0.4, -0.2) is 22.2 Å². The van der Waals surface area contributed by atoms with Crippen LogP contribution in [0.4, 0.5) is 0 Å². The van der Waals surface area contributed by atoms with Gasteiger partial charge in [-0.25, -0.2) is 0 Å². The molecule has 0 bridgehead atoms. The average Bonchev–Trinajstić information content (AvgIpc) is 2.90. The number of hydrogen-bond donors (Lipinski definition) is 1. The maximum absolute atomic E-state index is 12.5. The number of amides is 1. The lowest BCUT2D eigenvalue weighted by Gasteiger charge is -2.23. The van der Waals surface area contributed by atoms with Gasteiger partial charge in [0.25, 0.3) is 5.91 Å². The van der Waals surface area contributed by atoms with E-state index in [1.807, 2.05) is 35.0 Å². The number of nitrogens with one attached hydrogen (secondary N) is 1. The van der Waals surface area contributed by atoms with Gasteiger partial charge in [0.15, 0.2) is 0 Å². The van der Waals surface area contributed by atoms with Crippen molar-refractivity contribution in [2.75, 3.05) is 6.54 Å². The Morgan fingerprint density at radius 2 is 1.86 bits per heavy atom. The van der Waals surface area contributed by atoms with E-state index in [9.17, 15) is 4.79 Å². The summed E-state index contributed by atoms with van der Waals surface area (Å²) in [7, 11) is 0. The van der Waals surface area contributed by atoms with Crippen molar-refractivity contribution < 1.29 is 4.79 Å². The summed E-state index contributed by atoms with van der Waals surface area (Å²) in [5.41, 5.74) is 2.31. The molecule has 0 unspecified atom stereocenters. The van der Waals surface area contributed by atoms with E-state index in [1.54, 1.807) is 6.20 Å². The zero-order valence-electron chi connectivity index (χ0n) is 14.1. The van der Waals surface area contributed by atoms with Crippen LogP contribution < -0.4 is 5.32 Å². The number of hydrogen-bond acceptors (Lipinski definition) is 2. The van der Waals surface area contributed by atoms with E-state index in [-0.39, 0.29) is 11.4 Å². The quantitative estimate of drug-likeness (QED) is 0.936. The molecule has 0 aliphatic heterocycles. The first-order valence-corrected chi connectivity index (χ1v) is 7.73. The third-order valence-corrected chi connectivity index (χ3v) is 3.37. The van der Waals surface area contributed by atoms with Crippen molar-refractivity contribution in [1.29, 1.82) is 0 Å². The molecular weight excluding hydrogens is 274 g/mol. The van der Waals surface area contributed by atoms with Gasteiger partial charge in [-0.05, 0) is 26.7 Å². The predicted octanol–water partition coefficient (Wildman–Crippen LogP) is 3.69. The number of carbonyl (C=O) groups excluding carboxylic acids is 1. The highest BCUT2D eigenvalue weighted by atomic mass is 16.1. The predicted molar refractivity (Wildman–Crippen MR) is 89.8 cm³/mol. The van der Waals surface area contributed by atoms with Crippen LogP contribution in [0.1, 0.15) is 45.0 Å². The fourth-order valence-electron chi connectivity index (χ4n) is 2.29. The van der Waals surface area contributed by atoms with Crippen molar-refractivity contribution in [1.82, 2.24) is 15.1 Å². The Morgan fingerprint density at radius 1 is 1.23 bits per heavy atom. The lowest BCUT2D eigenvalue weighted by atomic mass is 10.0. The fourth-order valence-corrected chi connectivity index (χ4v) is 2.29. The standard InChI is InChI=1S/C18H25N3O/c1-13(2)11-19-17(22)15-12-20-21(18(3,4)5)16(15)14-9-7-6-8-10-14/h6-10,12-13H,11H2,1-5H3,(H,19,22). The highest BCUT2D eigenvalue weighted by Gasteiger charge is 2.25. The van der Waals surface area contributed by atoms with Crippen molar-refractivity contribution in [3.8, 4) is 11.3 Å². The van der Waals surface area contributed by atoms with Gasteiger partial charge in [0.05, 0.1) is 23.0 Å². The molecule has 0 aliphatic carbocycles. The fraction of sp³-hybridized carbons (Fsp3) is 0.444. The van der Waals surface area contributed by atoms with E-state index in [4.69, 9.17) is 0 Å². The van der Waals surface area contributed by atoms with Crippen LogP contribution in [0.25, 0.3) is 11.3 Å². The molecule has 1 N–H and O–H groups in total. The minimum atomic E-state index is -0.193. The van der Waals surface area contributed by atoms with Crippen LogP contribution in [0.3, 0.4) is 0 Å². The molecule has 1 heterocycles. The van der Waals surface area contributed by atoms with Crippen LogP contribution in [0.5, 0.6) is 0 Å². The smallest absolute Gasteiger partial charge is 0.255 e. The summed E-state index contributed by atoms with van der Waals surface area (Å²) in [6, 6.07) is 9.95. The maximum Gasteiger partial charge on any atom is 0.255 e. The minimum Gasteiger partial charge on any atom is -0.352 e. The van der Waals surface area contributed by atoms with Crippen molar-refractivity contribution in [3.63, 3.8) is 0 Å². The Morgan fingerprint density at radius 3 is 2.41 bits per heavy atom. The third kappa shape index (κ3) is 3.56. The van der Waals surface area contributed by atoms with Crippen LogP contribution in [0.2, 0.25) is 0 Å². The molecule has 0 saturated carbocycles. The summed E-state index contributed by atoms with van der Waals surface area (Å²) in [5, 5.41) is 7.45. The Kier molecular flexibility index (Phi) is 4.69. The van der Waals surface area contributed by atoms with Crippen molar-refractivity contribution in [2.24, 2.45) is 5.92 Å². The molecule has 0 radical (unpaired) electrons. The normalized spacial score (nSPS) is 11.7. The van der Waals surface area contributed by atoms with E-state index < -0.39 is 0 Å². The molecule has 0 aliphatic rings. The number of nitrogens with zero attached hydrogens (tertiary/aromatic N) is 2. The molecule has 4 heteroatoms. The molecule has 22 heavy (non-hydrogen) atoms. The minimum absolute atomic E-state index is 0.0666. The number of carbonyl (C=O) groups is 1. The molecular formula is C18H25N3O. The zero-order valence-corrected chi connectivity index (χ0v) is 14.1. The van der Waals surface area contributed by atoms with E-state index in [0.717, 1.165) is 11.3 Å². The second-order valence-corrected chi connectivity index (χ2v) is 6.96. The third-order valence-electron chi connectivity index (χ3n) is 3.37. The average molecular weight is 299 g/mol. The molecule has 1 aromatic carbocycles. The first kappa shape index (κ1) is 16.3. The second kappa shape index (κ2) is 6.34. The van der Waals surface area contributed by atoms with Gasteiger partial charge in [0, 0.05) is 12.1 Å². The summed E-state index contributed by atoms with van der Waals surface area (Å²) >= 11 is 0. The van der Waals surface area contributed by atoms with Crippen LogP contribution in [-0.2, 0) is 5.54 Å². The van der Waals surface area contributed by atoms with Gasteiger partial charge in [-0.3, -0.25) is 9.48 Å². The molecule has 4 nitrogen and oxygen atoms in total. The Bertz CT molecular complexity index is 636. The first-order chi connectivity index (χ1) is 10.3. The van der Waals surface area contributed by atoms with Gasteiger partial charge in [-0.2, -0.15) is 5.10 Å². The Labute approximate surface area is 132 Å². The molecule has 0 atom stereocenters. The largest absolute Gasteiger partial charge is 0.352 e. The monoisotopic (exact) mass is 299 g/mol. The van der Waals surface area contributed by atoms with Gasteiger partial charge in [-0.1, -0.05) is 44.2 Å². The lowest BCUT2D eigenvalue weighted by Crippen LogP contribution is -2.28. The van der Waals surface area contributed by atoms with Crippen molar-refractivity contribution in [3.05, 3.63) is 42.1 Å². The lowest BCUT2D eigenvalue weighted by molar-refractivity contribution is 0.0949. The molecule has 1 amide bonds. The number of aromatic nitrogens is 2. The SMILES string of the molecule is CC(C)CNC(=O)c1cnn(C(C)(C)C)c1-c1ccccc1. The summed E-state index contributed by atoms with van der Waals surface area (Å²) < 4.78 is 1.92. The van der Waals surface area contributed by atoms with Crippen LogP contribution in [0, 0.1) is 5.92 Å². The van der Waals surface area contributed by atoms with Crippen LogP contribution in [0.15, 0.2) is 36.5 Å².